The van der Waals surface area contributed by atoms with Crippen LogP contribution < -0.4 is 5.32 Å². The molecule has 1 aliphatic rings. The summed E-state index contributed by atoms with van der Waals surface area (Å²) in [6.07, 6.45) is 1.44. The fourth-order valence-corrected chi connectivity index (χ4v) is 3.03. The van der Waals surface area contributed by atoms with Crippen molar-refractivity contribution < 1.29 is 4.74 Å². The Morgan fingerprint density at radius 1 is 1.15 bits per heavy atom. The molecule has 0 amide bonds. The van der Waals surface area contributed by atoms with E-state index in [4.69, 9.17) is 4.74 Å². The van der Waals surface area contributed by atoms with Gasteiger partial charge < -0.3 is 10.1 Å². The lowest BCUT2D eigenvalue weighted by molar-refractivity contribution is 0.0898. The van der Waals surface area contributed by atoms with E-state index in [0.29, 0.717) is 11.8 Å². The van der Waals surface area contributed by atoms with Crippen LogP contribution in [-0.4, -0.2) is 19.7 Å². The van der Waals surface area contributed by atoms with Crippen molar-refractivity contribution >= 4 is 0 Å². The molecule has 0 spiro atoms. The van der Waals surface area contributed by atoms with E-state index in [2.05, 4.69) is 52.1 Å². The van der Waals surface area contributed by atoms with Gasteiger partial charge >= 0.3 is 0 Å². The quantitative estimate of drug-likeness (QED) is 0.879. The first-order valence-corrected chi connectivity index (χ1v) is 7.89. The summed E-state index contributed by atoms with van der Waals surface area (Å²) in [7, 11) is 0. The minimum atomic E-state index is 0.272. The van der Waals surface area contributed by atoms with Crippen LogP contribution in [0.2, 0.25) is 0 Å². The van der Waals surface area contributed by atoms with Crippen LogP contribution in [0.25, 0.3) is 0 Å². The minimum Gasteiger partial charge on any atom is -0.373 e. The maximum Gasteiger partial charge on any atom is 0.0868 e. The number of ether oxygens (including phenoxy) is 1. The SMILES string of the molecule is Cc1cc(C)c(C2OCCC2CNCC(C)C)cc1C. The number of hydrogen-bond donors (Lipinski definition) is 1. The maximum absolute atomic E-state index is 6.04. The molecule has 112 valence electrons. The zero-order valence-corrected chi connectivity index (χ0v) is 13.6. The van der Waals surface area contributed by atoms with Crippen molar-refractivity contribution in [1.29, 1.82) is 0 Å². The predicted octanol–water partition coefficient (Wildman–Crippen LogP) is 3.94. The summed E-state index contributed by atoms with van der Waals surface area (Å²) < 4.78 is 6.04. The second-order valence-corrected chi connectivity index (χ2v) is 6.69. The van der Waals surface area contributed by atoms with Crippen LogP contribution in [0.15, 0.2) is 12.1 Å². The van der Waals surface area contributed by atoms with Crippen molar-refractivity contribution in [2.75, 3.05) is 19.7 Å². The largest absolute Gasteiger partial charge is 0.373 e. The third-order valence-corrected chi connectivity index (χ3v) is 4.36. The van der Waals surface area contributed by atoms with Gasteiger partial charge in [-0.2, -0.15) is 0 Å². The molecule has 1 aliphatic heterocycles. The smallest absolute Gasteiger partial charge is 0.0868 e. The first-order valence-electron chi connectivity index (χ1n) is 7.89. The van der Waals surface area contributed by atoms with Crippen LogP contribution in [0.3, 0.4) is 0 Å². The third kappa shape index (κ3) is 3.62. The first-order chi connectivity index (χ1) is 9.49. The topological polar surface area (TPSA) is 21.3 Å². The molecule has 2 unspecified atom stereocenters. The number of benzene rings is 1. The van der Waals surface area contributed by atoms with Crippen molar-refractivity contribution in [1.82, 2.24) is 5.32 Å². The number of rotatable bonds is 5. The van der Waals surface area contributed by atoms with Crippen LogP contribution in [-0.2, 0) is 4.74 Å². The molecule has 0 saturated carbocycles. The van der Waals surface area contributed by atoms with Crippen molar-refractivity contribution in [2.24, 2.45) is 11.8 Å². The van der Waals surface area contributed by atoms with Crippen molar-refractivity contribution in [3.63, 3.8) is 0 Å². The van der Waals surface area contributed by atoms with E-state index in [9.17, 15) is 0 Å². The molecule has 2 atom stereocenters. The van der Waals surface area contributed by atoms with Crippen molar-refractivity contribution in [3.05, 3.63) is 34.4 Å². The monoisotopic (exact) mass is 275 g/mol. The molecule has 0 aromatic heterocycles. The Kier molecular flexibility index (Phi) is 5.22. The summed E-state index contributed by atoms with van der Waals surface area (Å²) in [5, 5.41) is 3.59. The van der Waals surface area contributed by atoms with Gasteiger partial charge in [-0.3, -0.25) is 0 Å². The fourth-order valence-electron chi connectivity index (χ4n) is 3.03. The highest BCUT2D eigenvalue weighted by Gasteiger charge is 2.30. The minimum absolute atomic E-state index is 0.272. The van der Waals surface area contributed by atoms with Gasteiger partial charge in [0.2, 0.25) is 0 Å². The third-order valence-electron chi connectivity index (χ3n) is 4.36. The van der Waals surface area contributed by atoms with Gasteiger partial charge in [0, 0.05) is 19.1 Å². The molecular weight excluding hydrogens is 246 g/mol. The van der Waals surface area contributed by atoms with Crippen LogP contribution in [0.4, 0.5) is 0 Å². The normalized spacial score (nSPS) is 22.7. The summed E-state index contributed by atoms with van der Waals surface area (Å²) in [6, 6.07) is 4.63. The van der Waals surface area contributed by atoms with Gasteiger partial charge in [0.15, 0.2) is 0 Å². The highest BCUT2D eigenvalue weighted by Crippen LogP contribution is 2.36. The Morgan fingerprint density at radius 2 is 1.85 bits per heavy atom. The molecular formula is C18H29NO. The molecule has 1 heterocycles. The summed E-state index contributed by atoms with van der Waals surface area (Å²) in [5.74, 6) is 1.31. The lowest BCUT2D eigenvalue weighted by atomic mass is 9.90. The van der Waals surface area contributed by atoms with E-state index in [1.165, 1.54) is 28.7 Å². The van der Waals surface area contributed by atoms with Gasteiger partial charge in [-0.25, -0.2) is 0 Å². The van der Waals surface area contributed by atoms with Crippen molar-refractivity contribution in [3.8, 4) is 0 Å². The van der Waals surface area contributed by atoms with E-state index in [-0.39, 0.29) is 6.10 Å². The van der Waals surface area contributed by atoms with E-state index in [0.717, 1.165) is 19.7 Å². The zero-order chi connectivity index (χ0) is 14.7. The highest BCUT2D eigenvalue weighted by molar-refractivity contribution is 5.38. The molecule has 2 heteroatoms. The van der Waals surface area contributed by atoms with Gasteiger partial charge in [0.1, 0.15) is 0 Å². The molecule has 0 bridgehead atoms. The number of hydrogen-bond acceptors (Lipinski definition) is 2. The average molecular weight is 275 g/mol. The first kappa shape index (κ1) is 15.5. The molecule has 0 radical (unpaired) electrons. The summed E-state index contributed by atoms with van der Waals surface area (Å²) in [5.41, 5.74) is 5.50. The van der Waals surface area contributed by atoms with E-state index >= 15 is 0 Å². The predicted molar refractivity (Wildman–Crippen MR) is 85.2 cm³/mol. The Labute approximate surface area is 123 Å². The Bertz CT molecular complexity index is 453. The maximum atomic E-state index is 6.04. The molecule has 1 saturated heterocycles. The molecule has 20 heavy (non-hydrogen) atoms. The number of nitrogens with one attached hydrogen (secondary N) is 1. The van der Waals surface area contributed by atoms with E-state index in [1.54, 1.807) is 0 Å². The second-order valence-electron chi connectivity index (χ2n) is 6.69. The van der Waals surface area contributed by atoms with Crippen LogP contribution in [0.1, 0.15) is 48.6 Å². The van der Waals surface area contributed by atoms with Crippen molar-refractivity contribution in [2.45, 2.75) is 47.1 Å². The average Bonchev–Trinajstić information content (AvgIpc) is 2.81. The fraction of sp³-hybridized carbons (Fsp3) is 0.667. The standard InChI is InChI=1S/C18H29NO/c1-12(2)10-19-11-16-6-7-20-18(16)17-9-14(4)13(3)8-15(17)5/h8-9,12,16,18-19H,6-7,10-11H2,1-5H3. The lowest BCUT2D eigenvalue weighted by Gasteiger charge is -2.22. The Morgan fingerprint density at radius 3 is 2.55 bits per heavy atom. The molecule has 1 aromatic rings. The van der Waals surface area contributed by atoms with Gasteiger partial charge in [0.25, 0.3) is 0 Å². The molecule has 0 aliphatic carbocycles. The Balaban J connectivity index is 2.08. The molecule has 1 aromatic carbocycles. The summed E-state index contributed by atoms with van der Waals surface area (Å²) in [4.78, 5) is 0. The van der Waals surface area contributed by atoms with Crippen LogP contribution in [0.5, 0.6) is 0 Å². The van der Waals surface area contributed by atoms with Crippen LogP contribution in [0, 0.1) is 32.6 Å². The molecule has 1 N–H and O–H groups in total. The summed E-state index contributed by atoms with van der Waals surface area (Å²) in [6.45, 7) is 14.1. The van der Waals surface area contributed by atoms with Gasteiger partial charge in [-0.15, -0.1) is 0 Å². The number of aryl methyl sites for hydroxylation is 3. The van der Waals surface area contributed by atoms with E-state index in [1.807, 2.05) is 0 Å². The molecule has 1 fully saturated rings. The second kappa shape index (κ2) is 6.73. The molecule has 2 rings (SSSR count). The van der Waals surface area contributed by atoms with Gasteiger partial charge in [-0.1, -0.05) is 26.0 Å². The summed E-state index contributed by atoms with van der Waals surface area (Å²) >= 11 is 0. The zero-order valence-electron chi connectivity index (χ0n) is 13.6. The van der Waals surface area contributed by atoms with Crippen LogP contribution >= 0.6 is 0 Å². The van der Waals surface area contributed by atoms with E-state index < -0.39 is 0 Å². The molecule has 2 nitrogen and oxygen atoms in total. The van der Waals surface area contributed by atoms with Gasteiger partial charge in [0.05, 0.1) is 6.10 Å². The van der Waals surface area contributed by atoms with Gasteiger partial charge in [-0.05, 0) is 61.9 Å². The highest BCUT2D eigenvalue weighted by atomic mass is 16.5. The lowest BCUT2D eigenvalue weighted by Crippen LogP contribution is -2.28. The Hall–Kier alpha value is -0.860.